The molecule has 4 N–H and O–H groups in total. The number of nitrogens with zero attached hydrogens (tertiary/aromatic N) is 1. The van der Waals surface area contributed by atoms with Gasteiger partial charge >= 0.3 is 0 Å². The second-order valence-electron chi connectivity index (χ2n) is 6.00. The Morgan fingerprint density at radius 3 is 2.33 bits per heavy atom. The monoisotopic (exact) mass is 427 g/mol. The normalized spacial score (nSPS) is 10.1. The van der Waals surface area contributed by atoms with Gasteiger partial charge in [-0.2, -0.15) is 5.10 Å². The number of anilines is 1. The van der Waals surface area contributed by atoms with Crippen molar-refractivity contribution < 1.29 is 19.0 Å². The number of thiocarbonyl (C=S) groups is 1. The highest BCUT2D eigenvalue weighted by atomic mass is 32.1. The van der Waals surface area contributed by atoms with Gasteiger partial charge in [-0.25, -0.2) is 0 Å². The van der Waals surface area contributed by atoms with Gasteiger partial charge in [-0.15, -0.1) is 0 Å². The number of methoxy groups -OCH3 is 3. The Balaban J connectivity index is 1.56. The van der Waals surface area contributed by atoms with Crippen molar-refractivity contribution in [2.75, 3.05) is 26.6 Å². The summed E-state index contributed by atoms with van der Waals surface area (Å²) in [6.07, 6.45) is 0. The fraction of sp³-hybridized carbons (Fsp3) is 0.150. The first kappa shape index (κ1) is 20.9. The molecule has 10 heteroatoms. The van der Waals surface area contributed by atoms with Gasteiger partial charge in [-0.1, -0.05) is 0 Å². The molecule has 0 saturated heterocycles. The van der Waals surface area contributed by atoms with Gasteiger partial charge in [0.1, 0.15) is 11.4 Å². The lowest BCUT2D eigenvalue weighted by atomic mass is 10.1. The van der Waals surface area contributed by atoms with Gasteiger partial charge in [0.05, 0.1) is 27.0 Å². The van der Waals surface area contributed by atoms with Gasteiger partial charge < -0.3 is 19.5 Å². The summed E-state index contributed by atoms with van der Waals surface area (Å²) in [5, 5.41) is 10.0. The standard InChI is InChI=1S/C20H21N5O4S/c1-27-14-7-4-12(5-8-14)15-11-16(23-22-15)19(26)24-25-20(30)21-13-6-9-17(28-2)18(10-13)29-3/h4-11H,1-3H3,(H,22,23)(H,24,26)(H2,21,25,30). The van der Waals surface area contributed by atoms with E-state index >= 15 is 0 Å². The minimum absolute atomic E-state index is 0.200. The predicted molar refractivity (Wildman–Crippen MR) is 117 cm³/mol. The van der Waals surface area contributed by atoms with E-state index in [4.69, 9.17) is 26.4 Å². The van der Waals surface area contributed by atoms with Crippen LogP contribution in [-0.4, -0.2) is 42.5 Å². The Hall–Kier alpha value is -3.79. The smallest absolute Gasteiger partial charge is 0.287 e. The first-order valence-corrected chi connectivity index (χ1v) is 9.24. The molecule has 1 amide bonds. The first-order valence-electron chi connectivity index (χ1n) is 8.83. The second kappa shape index (κ2) is 9.61. The van der Waals surface area contributed by atoms with Crippen LogP contribution in [0.5, 0.6) is 17.2 Å². The second-order valence-corrected chi connectivity index (χ2v) is 6.41. The lowest BCUT2D eigenvalue weighted by Crippen LogP contribution is -2.43. The molecule has 0 saturated carbocycles. The van der Waals surface area contributed by atoms with Gasteiger partial charge in [-0.3, -0.25) is 20.7 Å². The Bertz CT molecular complexity index is 1040. The predicted octanol–water partition coefficient (Wildman–Crippen LogP) is 2.73. The van der Waals surface area contributed by atoms with E-state index in [-0.39, 0.29) is 10.8 Å². The van der Waals surface area contributed by atoms with Crippen molar-refractivity contribution in [2.45, 2.75) is 0 Å². The number of nitrogens with one attached hydrogen (secondary N) is 4. The highest BCUT2D eigenvalue weighted by Gasteiger charge is 2.12. The molecular formula is C20H21N5O4S. The molecule has 156 valence electrons. The number of benzene rings is 2. The molecule has 0 fully saturated rings. The van der Waals surface area contributed by atoms with Gasteiger partial charge in [0.2, 0.25) is 0 Å². The average molecular weight is 427 g/mol. The summed E-state index contributed by atoms with van der Waals surface area (Å²) in [6.45, 7) is 0. The van der Waals surface area contributed by atoms with Crippen LogP contribution in [0.2, 0.25) is 0 Å². The van der Waals surface area contributed by atoms with Crippen molar-refractivity contribution in [3.8, 4) is 28.5 Å². The van der Waals surface area contributed by atoms with Crippen LogP contribution in [0, 0.1) is 0 Å². The Morgan fingerprint density at radius 2 is 1.67 bits per heavy atom. The van der Waals surface area contributed by atoms with E-state index in [1.807, 2.05) is 24.3 Å². The number of ether oxygens (including phenoxy) is 3. The van der Waals surface area contributed by atoms with Crippen molar-refractivity contribution in [3.63, 3.8) is 0 Å². The molecule has 0 aliphatic rings. The number of amides is 1. The summed E-state index contributed by atoms with van der Waals surface area (Å²) < 4.78 is 15.6. The molecule has 2 aromatic carbocycles. The average Bonchev–Trinajstić information content (AvgIpc) is 3.28. The number of H-pyrrole nitrogens is 1. The Kier molecular flexibility index (Phi) is 6.71. The summed E-state index contributed by atoms with van der Waals surface area (Å²) in [6, 6.07) is 14.2. The zero-order chi connectivity index (χ0) is 21.5. The van der Waals surface area contributed by atoms with Crippen molar-refractivity contribution in [3.05, 3.63) is 54.2 Å². The van der Waals surface area contributed by atoms with Crippen LogP contribution in [0.25, 0.3) is 11.3 Å². The number of carbonyl (C=O) groups excluding carboxylic acids is 1. The Morgan fingerprint density at radius 1 is 0.933 bits per heavy atom. The molecule has 3 aromatic rings. The van der Waals surface area contributed by atoms with Crippen molar-refractivity contribution in [1.29, 1.82) is 0 Å². The molecule has 0 aliphatic heterocycles. The molecule has 1 aromatic heterocycles. The van der Waals surface area contributed by atoms with Gasteiger partial charge in [-0.05, 0) is 54.7 Å². The third-order valence-electron chi connectivity index (χ3n) is 4.14. The van der Waals surface area contributed by atoms with E-state index < -0.39 is 5.91 Å². The van der Waals surface area contributed by atoms with Gasteiger partial charge in [0.15, 0.2) is 16.6 Å². The maximum atomic E-state index is 12.3. The van der Waals surface area contributed by atoms with Crippen LogP contribution in [0.1, 0.15) is 10.5 Å². The number of carbonyl (C=O) groups is 1. The first-order chi connectivity index (χ1) is 14.5. The fourth-order valence-electron chi connectivity index (χ4n) is 2.60. The number of hydrogen-bond donors (Lipinski definition) is 4. The molecule has 0 aliphatic carbocycles. The van der Waals surface area contributed by atoms with Gasteiger partial charge in [0, 0.05) is 17.3 Å². The number of rotatable bonds is 6. The largest absolute Gasteiger partial charge is 0.497 e. The van der Waals surface area contributed by atoms with Crippen LogP contribution in [0.3, 0.4) is 0 Å². The lowest BCUT2D eigenvalue weighted by Gasteiger charge is -2.13. The van der Waals surface area contributed by atoms with E-state index in [2.05, 4.69) is 26.4 Å². The van der Waals surface area contributed by atoms with Crippen LogP contribution < -0.4 is 30.4 Å². The topological polar surface area (TPSA) is 110 Å². The number of hydrogen-bond acceptors (Lipinski definition) is 6. The lowest BCUT2D eigenvalue weighted by molar-refractivity contribution is 0.0939. The molecule has 0 bridgehead atoms. The van der Waals surface area contributed by atoms with E-state index in [9.17, 15) is 4.79 Å². The number of aromatic amines is 1. The zero-order valence-corrected chi connectivity index (χ0v) is 17.4. The highest BCUT2D eigenvalue weighted by Crippen LogP contribution is 2.29. The van der Waals surface area contributed by atoms with Crippen molar-refractivity contribution >= 4 is 28.9 Å². The maximum absolute atomic E-state index is 12.3. The van der Waals surface area contributed by atoms with E-state index in [1.54, 1.807) is 45.6 Å². The molecule has 9 nitrogen and oxygen atoms in total. The summed E-state index contributed by atoms with van der Waals surface area (Å²) in [5.74, 6) is 1.48. The summed E-state index contributed by atoms with van der Waals surface area (Å²) in [4.78, 5) is 12.3. The molecule has 0 radical (unpaired) electrons. The fourth-order valence-corrected chi connectivity index (χ4v) is 2.77. The van der Waals surface area contributed by atoms with E-state index in [0.29, 0.717) is 22.9 Å². The quantitative estimate of drug-likeness (QED) is 0.351. The molecule has 0 unspecified atom stereocenters. The number of aromatic nitrogens is 2. The van der Waals surface area contributed by atoms with Gasteiger partial charge in [0.25, 0.3) is 5.91 Å². The summed E-state index contributed by atoms with van der Waals surface area (Å²) >= 11 is 5.20. The number of hydrazine groups is 1. The molecule has 0 atom stereocenters. The minimum Gasteiger partial charge on any atom is -0.497 e. The summed E-state index contributed by atoms with van der Waals surface area (Å²) in [7, 11) is 4.70. The van der Waals surface area contributed by atoms with Crippen LogP contribution in [-0.2, 0) is 0 Å². The maximum Gasteiger partial charge on any atom is 0.287 e. The van der Waals surface area contributed by atoms with Crippen molar-refractivity contribution in [1.82, 2.24) is 21.0 Å². The molecular weight excluding hydrogens is 406 g/mol. The van der Waals surface area contributed by atoms with Crippen molar-refractivity contribution in [2.24, 2.45) is 0 Å². The molecule has 1 heterocycles. The summed E-state index contributed by atoms with van der Waals surface area (Å²) in [5.41, 5.74) is 7.59. The van der Waals surface area contributed by atoms with E-state index in [0.717, 1.165) is 11.3 Å². The third-order valence-corrected chi connectivity index (χ3v) is 4.34. The third kappa shape index (κ3) is 4.97. The molecule has 30 heavy (non-hydrogen) atoms. The van der Waals surface area contributed by atoms with Crippen LogP contribution >= 0.6 is 12.2 Å². The highest BCUT2D eigenvalue weighted by molar-refractivity contribution is 7.80. The van der Waals surface area contributed by atoms with E-state index in [1.165, 1.54) is 0 Å². The SMILES string of the molecule is COc1ccc(-c2cc(C(=O)NNC(=S)Nc3ccc(OC)c(OC)c3)[nH]n2)cc1. The minimum atomic E-state index is -0.418. The van der Waals surface area contributed by atoms with Crippen LogP contribution in [0.4, 0.5) is 5.69 Å². The van der Waals surface area contributed by atoms with Crippen LogP contribution in [0.15, 0.2) is 48.5 Å². The molecule has 3 rings (SSSR count). The molecule has 0 spiro atoms. The Labute approximate surface area is 178 Å². The zero-order valence-electron chi connectivity index (χ0n) is 16.6.